The summed E-state index contributed by atoms with van der Waals surface area (Å²) in [6.45, 7) is 2.05. The Labute approximate surface area is 176 Å². The van der Waals surface area contributed by atoms with Crippen molar-refractivity contribution in [3.63, 3.8) is 0 Å². The molecule has 0 saturated heterocycles. The van der Waals surface area contributed by atoms with Crippen LogP contribution in [-0.2, 0) is 17.5 Å². The molecule has 29 heavy (non-hydrogen) atoms. The van der Waals surface area contributed by atoms with E-state index in [4.69, 9.17) is 20.8 Å². The Hall–Kier alpha value is -2.77. The van der Waals surface area contributed by atoms with Crippen molar-refractivity contribution in [3.8, 4) is 11.4 Å². The van der Waals surface area contributed by atoms with Gasteiger partial charge in [0.15, 0.2) is 11.0 Å². The van der Waals surface area contributed by atoms with Crippen molar-refractivity contribution < 1.29 is 13.9 Å². The van der Waals surface area contributed by atoms with Crippen LogP contribution in [-0.4, -0.2) is 27.3 Å². The molecular formula is C21H18ClN3O3S. The van der Waals surface area contributed by atoms with Crippen LogP contribution in [0.3, 0.4) is 0 Å². The SMILES string of the molecule is CCOC(=O)c1oc2ccccc2c1CSc1nnc(-c2ccccc2Cl)n1C. The highest BCUT2D eigenvalue weighted by Gasteiger charge is 2.22. The lowest BCUT2D eigenvalue weighted by Crippen LogP contribution is -2.06. The molecule has 2 heterocycles. The van der Waals surface area contributed by atoms with Gasteiger partial charge in [-0.2, -0.15) is 0 Å². The zero-order valence-electron chi connectivity index (χ0n) is 15.9. The van der Waals surface area contributed by atoms with Gasteiger partial charge in [-0.15, -0.1) is 10.2 Å². The summed E-state index contributed by atoms with van der Waals surface area (Å²) in [6.07, 6.45) is 0. The molecule has 148 valence electrons. The summed E-state index contributed by atoms with van der Waals surface area (Å²) < 4.78 is 12.8. The highest BCUT2D eigenvalue weighted by atomic mass is 35.5. The van der Waals surface area contributed by atoms with E-state index in [1.807, 2.05) is 60.1 Å². The summed E-state index contributed by atoms with van der Waals surface area (Å²) in [6, 6.07) is 15.1. The van der Waals surface area contributed by atoms with Gasteiger partial charge in [0.25, 0.3) is 0 Å². The second-order valence-corrected chi connectivity index (χ2v) is 7.61. The van der Waals surface area contributed by atoms with Crippen LogP contribution < -0.4 is 0 Å². The first kappa shape index (κ1) is 19.5. The second-order valence-electron chi connectivity index (χ2n) is 6.26. The largest absolute Gasteiger partial charge is 0.460 e. The number of rotatable bonds is 6. The minimum absolute atomic E-state index is 0.231. The number of para-hydroxylation sites is 1. The van der Waals surface area contributed by atoms with Gasteiger partial charge >= 0.3 is 5.97 Å². The molecule has 0 aliphatic carbocycles. The van der Waals surface area contributed by atoms with Gasteiger partial charge in [-0.25, -0.2) is 4.79 Å². The summed E-state index contributed by atoms with van der Waals surface area (Å²) >= 11 is 7.77. The van der Waals surface area contributed by atoms with E-state index in [0.29, 0.717) is 27.3 Å². The molecule has 0 N–H and O–H groups in total. The van der Waals surface area contributed by atoms with Gasteiger partial charge < -0.3 is 13.7 Å². The fraction of sp³-hybridized carbons (Fsp3) is 0.190. The van der Waals surface area contributed by atoms with Gasteiger partial charge in [-0.1, -0.05) is 53.7 Å². The van der Waals surface area contributed by atoms with Crippen molar-refractivity contribution in [2.24, 2.45) is 7.05 Å². The first-order valence-corrected chi connectivity index (χ1v) is 10.4. The number of halogens is 1. The minimum Gasteiger partial charge on any atom is -0.460 e. The van der Waals surface area contributed by atoms with Crippen LogP contribution in [0.1, 0.15) is 23.0 Å². The minimum atomic E-state index is -0.464. The van der Waals surface area contributed by atoms with Gasteiger partial charge in [-0.05, 0) is 25.1 Å². The van der Waals surface area contributed by atoms with E-state index in [9.17, 15) is 4.79 Å². The maximum atomic E-state index is 12.4. The number of benzene rings is 2. The number of esters is 1. The molecule has 4 rings (SSSR count). The number of carbonyl (C=O) groups excluding carboxylic acids is 1. The number of hydrogen-bond acceptors (Lipinski definition) is 6. The van der Waals surface area contributed by atoms with Crippen molar-refractivity contribution >= 4 is 40.3 Å². The average Bonchev–Trinajstić information content (AvgIpc) is 3.27. The third kappa shape index (κ3) is 3.75. The van der Waals surface area contributed by atoms with Crippen molar-refractivity contribution in [2.75, 3.05) is 6.61 Å². The molecule has 0 radical (unpaired) electrons. The fourth-order valence-corrected chi connectivity index (χ4v) is 4.22. The zero-order valence-corrected chi connectivity index (χ0v) is 17.5. The van der Waals surface area contributed by atoms with Crippen molar-refractivity contribution in [1.29, 1.82) is 0 Å². The monoisotopic (exact) mass is 427 g/mol. The molecular weight excluding hydrogens is 410 g/mol. The van der Waals surface area contributed by atoms with Gasteiger partial charge in [0.05, 0.1) is 11.6 Å². The molecule has 0 unspecified atom stereocenters. The molecule has 0 saturated carbocycles. The Bertz CT molecular complexity index is 1190. The molecule has 2 aromatic carbocycles. The first-order chi connectivity index (χ1) is 14.1. The third-order valence-corrected chi connectivity index (χ3v) is 5.83. The number of aromatic nitrogens is 3. The number of thioether (sulfide) groups is 1. The fourth-order valence-electron chi connectivity index (χ4n) is 3.06. The van der Waals surface area contributed by atoms with Crippen LogP contribution in [0.4, 0.5) is 0 Å². The predicted octanol–water partition coefficient (Wildman–Crippen LogP) is 5.35. The first-order valence-electron chi connectivity index (χ1n) is 9.04. The van der Waals surface area contributed by atoms with E-state index in [1.165, 1.54) is 11.8 Å². The van der Waals surface area contributed by atoms with E-state index in [-0.39, 0.29) is 12.4 Å². The van der Waals surface area contributed by atoms with E-state index >= 15 is 0 Å². The highest BCUT2D eigenvalue weighted by molar-refractivity contribution is 7.98. The Balaban J connectivity index is 1.65. The number of hydrogen-bond donors (Lipinski definition) is 0. The molecule has 2 aromatic heterocycles. The Morgan fingerprint density at radius 2 is 1.93 bits per heavy atom. The zero-order chi connectivity index (χ0) is 20.4. The van der Waals surface area contributed by atoms with Gasteiger partial charge in [0.1, 0.15) is 5.58 Å². The normalized spacial score (nSPS) is 11.1. The van der Waals surface area contributed by atoms with Crippen molar-refractivity contribution in [3.05, 3.63) is 64.9 Å². The molecule has 0 spiro atoms. The number of fused-ring (bicyclic) bond motifs is 1. The molecule has 0 aliphatic heterocycles. The van der Waals surface area contributed by atoms with Crippen molar-refractivity contribution in [1.82, 2.24) is 14.8 Å². The smallest absolute Gasteiger partial charge is 0.374 e. The molecule has 0 bridgehead atoms. The highest BCUT2D eigenvalue weighted by Crippen LogP contribution is 2.33. The van der Waals surface area contributed by atoms with E-state index in [1.54, 1.807) is 6.92 Å². The molecule has 4 aromatic rings. The number of carbonyl (C=O) groups is 1. The van der Waals surface area contributed by atoms with Crippen LogP contribution in [0.25, 0.3) is 22.4 Å². The summed E-state index contributed by atoms with van der Waals surface area (Å²) in [5.41, 5.74) is 2.25. The van der Waals surface area contributed by atoms with E-state index in [0.717, 1.165) is 16.5 Å². The van der Waals surface area contributed by atoms with Gasteiger partial charge in [0.2, 0.25) is 5.76 Å². The maximum absolute atomic E-state index is 12.4. The number of furan rings is 1. The number of nitrogens with zero attached hydrogens (tertiary/aromatic N) is 3. The summed E-state index contributed by atoms with van der Waals surface area (Å²) in [5, 5.41) is 10.8. The average molecular weight is 428 g/mol. The molecule has 0 fully saturated rings. The van der Waals surface area contributed by atoms with Crippen LogP contribution in [0.5, 0.6) is 0 Å². The summed E-state index contributed by atoms with van der Waals surface area (Å²) in [7, 11) is 1.89. The van der Waals surface area contributed by atoms with Crippen LogP contribution >= 0.6 is 23.4 Å². The Kier molecular flexibility index (Phi) is 5.60. The van der Waals surface area contributed by atoms with Crippen molar-refractivity contribution in [2.45, 2.75) is 17.8 Å². The lowest BCUT2D eigenvalue weighted by atomic mass is 10.1. The van der Waals surface area contributed by atoms with Crippen LogP contribution in [0.2, 0.25) is 5.02 Å². The molecule has 8 heteroatoms. The van der Waals surface area contributed by atoms with Crippen LogP contribution in [0.15, 0.2) is 58.1 Å². The number of ether oxygens (including phenoxy) is 1. The summed E-state index contributed by atoms with van der Waals surface area (Å²) in [4.78, 5) is 12.4. The molecule has 0 amide bonds. The lowest BCUT2D eigenvalue weighted by molar-refractivity contribution is 0.0491. The molecule has 6 nitrogen and oxygen atoms in total. The van der Waals surface area contributed by atoms with Crippen LogP contribution in [0, 0.1) is 0 Å². The Morgan fingerprint density at radius 3 is 2.72 bits per heavy atom. The van der Waals surface area contributed by atoms with Gasteiger partial charge in [-0.3, -0.25) is 0 Å². The quantitative estimate of drug-likeness (QED) is 0.305. The second kappa shape index (κ2) is 8.31. The topological polar surface area (TPSA) is 70.2 Å². The Morgan fingerprint density at radius 1 is 1.17 bits per heavy atom. The third-order valence-electron chi connectivity index (χ3n) is 4.45. The molecule has 0 aliphatic rings. The van der Waals surface area contributed by atoms with E-state index in [2.05, 4.69) is 10.2 Å². The lowest BCUT2D eigenvalue weighted by Gasteiger charge is -2.06. The standard InChI is InChI=1S/C21H18ClN3O3S/c1-3-27-20(26)18-15(13-8-5-7-11-17(13)28-18)12-29-21-24-23-19(25(21)2)14-9-4-6-10-16(14)22/h4-11H,3,12H2,1-2H3. The van der Waals surface area contributed by atoms with E-state index < -0.39 is 5.97 Å². The summed E-state index contributed by atoms with van der Waals surface area (Å²) in [5.74, 6) is 0.934. The van der Waals surface area contributed by atoms with Gasteiger partial charge in [0, 0.05) is 29.3 Å². The maximum Gasteiger partial charge on any atom is 0.374 e. The predicted molar refractivity (Wildman–Crippen MR) is 113 cm³/mol. The molecule has 0 atom stereocenters.